The van der Waals surface area contributed by atoms with Crippen LogP contribution in [0, 0.1) is 6.92 Å². The molecule has 0 saturated heterocycles. The number of nitrogens with one attached hydrogen (secondary N) is 2. The number of carbonyl (C=O) groups excluding carboxylic acids is 1. The van der Waals surface area contributed by atoms with Gasteiger partial charge in [-0.05, 0) is 55.7 Å². The van der Waals surface area contributed by atoms with Crippen molar-refractivity contribution < 1.29 is 27.9 Å². The van der Waals surface area contributed by atoms with E-state index in [4.69, 9.17) is 5.11 Å². The van der Waals surface area contributed by atoms with E-state index in [0.717, 1.165) is 41.0 Å². The highest BCUT2D eigenvalue weighted by Crippen LogP contribution is 2.30. The van der Waals surface area contributed by atoms with E-state index in [1.165, 1.54) is 13.1 Å². The highest BCUT2D eigenvalue weighted by molar-refractivity contribution is 5.96. The highest BCUT2D eigenvalue weighted by Gasteiger charge is 2.32. The van der Waals surface area contributed by atoms with Gasteiger partial charge in [-0.3, -0.25) is 9.59 Å². The third-order valence-corrected chi connectivity index (χ3v) is 5.44. The van der Waals surface area contributed by atoms with Gasteiger partial charge in [0.1, 0.15) is 6.04 Å². The Labute approximate surface area is 200 Å². The molecule has 0 radical (unpaired) electrons. The second-order valence-electron chi connectivity index (χ2n) is 8.17. The molecule has 3 N–H and O–H groups in total. The standard InChI is InChI=1S/C24H26F3N5O3/c1-4-5-20(19-8-6-16(10-14(19)2)22(33)30-15(3)23(34)35)31-18-7-9-21(28-12-18)32-13-17(11-29-32)24(25,26)27/h6-13,15,20,31H,4-5H2,1-3H3,(H,30,33)(H,34,35). The predicted octanol–water partition coefficient (Wildman–Crippen LogP) is 4.75. The first-order valence-electron chi connectivity index (χ1n) is 11.0. The molecule has 35 heavy (non-hydrogen) atoms. The molecule has 2 heterocycles. The lowest BCUT2D eigenvalue weighted by molar-refractivity contribution is -0.139. The van der Waals surface area contributed by atoms with Crippen molar-refractivity contribution in [3.63, 3.8) is 0 Å². The molecule has 3 rings (SSSR count). The number of carboxylic acid groups (broad SMARTS) is 1. The van der Waals surface area contributed by atoms with Crippen LogP contribution >= 0.6 is 0 Å². The molecule has 3 aromatic rings. The minimum atomic E-state index is -4.48. The van der Waals surface area contributed by atoms with Crippen LogP contribution in [-0.4, -0.2) is 37.8 Å². The number of aryl methyl sites for hydroxylation is 1. The fourth-order valence-electron chi connectivity index (χ4n) is 3.55. The van der Waals surface area contributed by atoms with E-state index in [1.54, 1.807) is 24.3 Å². The van der Waals surface area contributed by atoms with Crippen LogP contribution < -0.4 is 10.6 Å². The summed E-state index contributed by atoms with van der Waals surface area (Å²) in [7, 11) is 0. The number of halogens is 3. The average molecular weight is 489 g/mol. The van der Waals surface area contributed by atoms with Crippen LogP contribution in [0.25, 0.3) is 5.82 Å². The molecule has 0 aliphatic heterocycles. The van der Waals surface area contributed by atoms with Crippen molar-refractivity contribution >= 4 is 17.6 Å². The Hall–Kier alpha value is -3.89. The molecule has 11 heteroatoms. The first kappa shape index (κ1) is 25.7. The van der Waals surface area contributed by atoms with Crippen molar-refractivity contribution in [3.8, 4) is 5.82 Å². The van der Waals surface area contributed by atoms with Crippen LogP contribution in [0.15, 0.2) is 48.9 Å². The van der Waals surface area contributed by atoms with Crippen molar-refractivity contribution in [2.45, 2.75) is 51.9 Å². The van der Waals surface area contributed by atoms with Crippen molar-refractivity contribution in [1.29, 1.82) is 0 Å². The van der Waals surface area contributed by atoms with Gasteiger partial charge in [0.15, 0.2) is 5.82 Å². The zero-order chi connectivity index (χ0) is 25.8. The highest BCUT2D eigenvalue weighted by atomic mass is 19.4. The molecule has 1 aromatic carbocycles. The Morgan fingerprint density at radius 2 is 1.91 bits per heavy atom. The molecule has 2 atom stereocenters. The van der Waals surface area contributed by atoms with E-state index in [0.29, 0.717) is 11.3 Å². The average Bonchev–Trinajstić information content (AvgIpc) is 3.30. The predicted molar refractivity (Wildman–Crippen MR) is 123 cm³/mol. The molecule has 0 aliphatic carbocycles. The first-order valence-corrected chi connectivity index (χ1v) is 11.0. The van der Waals surface area contributed by atoms with Crippen LogP contribution in [0.2, 0.25) is 0 Å². The zero-order valence-electron chi connectivity index (χ0n) is 19.4. The van der Waals surface area contributed by atoms with Gasteiger partial charge in [0, 0.05) is 11.8 Å². The minimum absolute atomic E-state index is 0.107. The summed E-state index contributed by atoms with van der Waals surface area (Å²) < 4.78 is 39.5. The first-order chi connectivity index (χ1) is 16.5. The molecular weight excluding hydrogens is 463 g/mol. The summed E-state index contributed by atoms with van der Waals surface area (Å²) in [5.74, 6) is -1.34. The number of hydrogen-bond acceptors (Lipinski definition) is 5. The molecule has 2 unspecified atom stereocenters. The van der Waals surface area contributed by atoms with Crippen LogP contribution in [0.1, 0.15) is 59.8 Å². The lowest BCUT2D eigenvalue weighted by Crippen LogP contribution is -2.38. The number of carbonyl (C=O) groups is 2. The number of benzene rings is 1. The number of anilines is 1. The number of nitrogens with zero attached hydrogens (tertiary/aromatic N) is 3. The van der Waals surface area contributed by atoms with Gasteiger partial charge in [0.2, 0.25) is 0 Å². The van der Waals surface area contributed by atoms with Gasteiger partial charge >= 0.3 is 12.1 Å². The lowest BCUT2D eigenvalue weighted by atomic mass is 9.95. The van der Waals surface area contributed by atoms with E-state index in [-0.39, 0.29) is 11.9 Å². The summed E-state index contributed by atoms with van der Waals surface area (Å²) in [5.41, 5.74) is 1.99. The van der Waals surface area contributed by atoms with E-state index in [9.17, 15) is 22.8 Å². The minimum Gasteiger partial charge on any atom is -0.480 e. The van der Waals surface area contributed by atoms with Crippen LogP contribution in [0.5, 0.6) is 0 Å². The number of carboxylic acids is 1. The molecule has 2 aromatic heterocycles. The second-order valence-corrected chi connectivity index (χ2v) is 8.17. The number of aliphatic carboxylic acids is 1. The number of amides is 1. The van der Waals surface area contributed by atoms with E-state index in [2.05, 4.69) is 20.7 Å². The summed E-state index contributed by atoms with van der Waals surface area (Å²) in [5, 5.41) is 18.5. The maximum atomic E-state index is 12.8. The van der Waals surface area contributed by atoms with Gasteiger partial charge in [-0.2, -0.15) is 18.3 Å². The zero-order valence-corrected chi connectivity index (χ0v) is 19.4. The van der Waals surface area contributed by atoms with Gasteiger partial charge < -0.3 is 15.7 Å². The Balaban J connectivity index is 1.76. The summed E-state index contributed by atoms with van der Waals surface area (Å²) in [6.45, 7) is 5.30. The second kappa shape index (κ2) is 10.6. The molecule has 1 amide bonds. The van der Waals surface area contributed by atoms with E-state index >= 15 is 0 Å². The van der Waals surface area contributed by atoms with Crippen molar-refractivity contribution in [2.75, 3.05) is 5.32 Å². The normalized spacial score (nSPS) is 13.2. The molecule has 0 fully saturated rings. The quantitative estimate of drug-likeness (QED) is 0.400. The van der Waals surface area contributed by atoms with E-state index in [1.807, 2.05) is 19.9 Å². The molecule has 0 saturated carbocycles. The summed E-state index contributed by atoms with van der Waals surface area (Å²) in [6.07, 6.45) is 0.327. The third-order valence-electron chi connectivity index (χ3n) is 5.44. The molecule has 0 bridgehead atoms. The maximum absolute atomic E-state index is 12.8. The number of rotatable bonds is 9. The summed E-state index contributed by atoms with van der Waals surface area (Å²) in [6, 6.07) is 7.35. The topological polar surface area (TPSA) is 109 Å². The van der Waals surface area contributed by atoms with Crippen molar-refractivity contribution in [2.24, 2.45) is 0 Å². The fraction of sp³-hybridized carbons (Fsp3) is 0.333. The number of alkyl halides is 3. The van der Waals surface area contributed by atoms with Crippen LogP contribution in [0.4, 0.5) is 18.9 Å². The Kier molecular flexibility index (Phi) is 7.78. The number of aromatic nitrogens is 3. The van der Waals surface area contributed by atoms with Crippen LogP contribution in [0.3, 0.4) is 0 Å². The SMILES string of the molecule is CCCC(Nc1ccc(-n2cc(C(F)(F)F)cn2)nc1)c1ccc(C(=O)NC(C)C(=O)O)cc1C. The largest absolute Gasteiger partial charge is 0.480 e. The molecule has 186 valence electrons. The molecule has 8 nitrogen and oxygen atoms in total. The smallest absolute Gasteiger partial charge is 0.419 e. The van der Waals surface area contributed by atoms with Crippen molar-refractivity contribution in [3.05, 3.63) is 71.2 Å². The molecule has 0 spiro atoms. The molecular formula is C24H26F3N5O3. The monoisotopic (exact) mass is 489 g/mol. The summed E-state index contributed by atoms with van der Waals surface area (Å²) in [4.78, 5) is 27.6. The lowest BCUT2D eigenvalue weighted by Gasteiger charge is -2.22. The van der Waals surface area contributed by atoms with Gasteiger partial charge in [-0.15, -0.1) is 0 Å². The summed E-state index contributed by atoms with van der Waals surface area (Å²) >= 11 is 0. The number of pyridine rings is 1. The maximum Gasteiger partial charge on any atom is 0.419 e. The van der Waals surface area contributed by atoms with Gasteiger partial charge in [-0.1, -0.05) is 19.4 Å². The Morgan fingerprint density at radius 1 is 1.17 bits per heavy atom. The van der Waals surface area contributed by atoms with Gasteiger partial charge in [0.05, 0.1) is 29.7 Å². The van der Waals surface area contributed by atoms with E-state index < -0.39 is 29.7 Å². The Bertz CT molecular complexity index is 1190. The van der Waals surface area contributed by atoms with Gasteiger partial charge in [-0.25, -0.2) is 9.67 Å². The third kappa shape index (κ3) is 6.37. The number of hydrogen-bond donors (Lipinski definition) is 3. The van der Waals surface area contributed by atoms with Gasteiger partial charge in [0.25, 0.3) is 5.91 Å². The van der Waals surface area contributed by atoms with Crippen LogP contribution in [-0.2, 0) is 11.0 Å². The molecule has 0 aliphatic rings. The Morgan fingerprint density at radius 3 is 2.46 bits per heavy atom. The fourth-order valence-corrected chi connectivity index (χ4v) is 3.55. The van der Waals surface area contributed by atoms with Crippen molar-refractivity contribution in [1.82, 2.24) is 20.1 Å².